The molecule has 0 N–H and O–H groups in total. The van der Waals surface area contributed by atoms with Gasteiger partial charge in [-0.1, -0.05) is 58.8 Å². The smallest absolute Gasteiger partial charge is 0.279 e. The van der Waals surface area contributed by atoms with Gasteiger partial charge in [0.15, 0.2) is 4.80 Å². The van der Waals surface area contributed by atoms with Crippen LogP contribution in [0.3, 0.4) is 0 Å². The second kappa shape index (κ2) is 9.66. The third-order valence-electron chi connectivity index (χ3n) is 4.51. The summed E-state index contributed by atoms with van der Waals surface area (Å²) < 4.78 is 13.8. The zero-order chi connectivity index (χ0) is 21.8. The molecule has 0 fully saturated rings. The number of aromatic nitrogens is 1. The molecule has 0 spiro atoms. The Labute approximate surface area is 193 Å². The minimum atomic E-state index is -0.376. The first-order valence-corrected chi connectivity index (χ1v) is 11.0. The van der Waals surface area contributed by atoms with E-state index in [0.29, 0.717) is 45.1 Å². The Hall–Kier alpha value is -2.64. The van der Waals surface area contributed by atoms with Crippen molar-refractivity contribution in [2.24, 2.45) is 4.99 Å². The number of rotatable bonds is 6. The summed E-state index contributed by atoms with van der Waals surface area (Å²) in [5.41, 5.74) is 1.16. The number of thiazole rings is 1. The van der Waals surface area contributed by atoms with Crippen LogP contribution in [-0.2, 0) is 11.3 Å². The van der Waals surface area contributed by atoms with Crippen LogP contribution in [0.15, 0.2) is 71.7 Å². The van der Waals surface area contributed by atoms with Gasteiger partial charge in [0.2, 0.25) is 0 Å². The summed E-state index contributed by atoms with van der Waals surface area (Å²) in [6, 6.07) is 19.9. The first-order chi connectivity index (χ1) is 15.1. The molecule has 8 heteroatoms. The van der Waals surface area contributed by atoms with Gasteiger partial charge in [-0.2, -0.15) is 4.99 Å². The molecule has 0 radical (unpaired) electrons. The number of nitrogens with zero attached hydrogens (tertiary/aromatic N) is 2. The van der Waals surface area contributed by atoms with Crippen LogP contribution in [0.2, 0.25) is 10.0 Å². The second-order valence-corrected chi connectivity index (χ2v) is 8.39. The Morgan fingerprint density at radius 1 is 1.03 bits per heavy atom. The fourth-order valence-corrected chi connectivity index (χ4v) is 4.59. The Kier molecular flexibility index (Phi) is 6.73. The van der Waals surface area contributed by atoms with Crippen molar-refractivity contribution in [1.29, 1.82) is 0 Å². The number of benzene rings is 3. The predicted octanol–water partition coefficient (Wildman–Crippen LogP) is 6.19. The topological polar surface area (TPSA) is 52.8 Å². The number of hydrogen-bond donors (Lipinski definition) is 0. The van der Waals surface area contributed by atoms with E-state index in [4.69, 9.17) is 32.7 Å². The highest BCUT2D eigenvalue weighted by Crippen LogP contribution is 2.32. The molecule has 5 nitrogen and oxygen atoms in total. The minimum absolute atomic E-state index is 0.376. The molecule has 1 amide bonds. The van der Waals surface area contributed by atoms with Crippen molar-refractivity contribution in [3.05, 3.63) is 87.1 Å². The van der Waals surface area contributed by atoms with E-state index in [1.54, 1.807) is 37.4 Å². The van der Waals surface area contributed by atoms with Crippen LogP contribution in [0.25, 0.3) is 10.2 Å². The molecule has 158 valence electrons. The average molecular weight is 473 g/mol. The van der Waals surface area contributed by atoms with Crippen LogP contribution in [0.1, 0.15) is 10.4 Å². The summed E-state index contributed by atoms with van der Waals surface area (Å²) in [7, 11) is 1.61. The molecule has 1 aromatic heterocycles. The van der Waals surface area contributed by atoms with E-state index in [1.807, 2.05) is 41.0 Å². The molecule has 0 bridgehead atoms. The van der Waals surface area contributed by atoms with E-state index in [1.165, 1.54) is 11.3 Å². The third kappa shape index (κ3) is 4.83. The molecule has 0 saturated heterocycles. The predicted molar refractivity (Wildman–Crippen MR) is 125 cm³/mol. The second-order valence-electron chi connectivity index (χ2n) is 6.60. The number of para-hydroxylation sites is 1. The van der Waals surface area contributed by atoms with Gasteiger partial charge in [-0.25, -0.2) is 0 Å². The van der Waals surface area contributed by atoms with Crippen LogP contribution in [0.5, 0.6) is 11.5 Å². The molecule has 3 aromatic carbocycles. The van der Waals surface area contributed by atoms with Crippen molar-refractivity contribution in [3.8, 4) is 11.5 Å². The quantitative estimate of drug-likeness (QED) is 0.336. The lowest BCUT2D eigenvalue weighted by Gasteiger charge is -2.07. The van der Waals surface area contributed by atoms with Crippen LogP contribution in [0, 0.1) is 0 Å². The number of halogens is 2. The maximum atomic E-state index is 13.0. The van der Waals surface area contributed by atoms with Crippen molar-refractivity contribution in [2.75, 3.05) is 13.7 Å². The number of carbonyl (C=O) groups excluding carboxylic acids is 1. The Bertz CT molecular complexity index is 1300. The first kappa shape index (κ1) is 21.6. The number of fused-ring (bicyclic) bond motifs is 1. The number of ether oxygens (including phenoxy) is 2. The van der Waals surface area contributed by atoms with Crippen LogP contribution >= 0.6 is 34.5 Å². The summed E-state index contributed by atoms with van der Waals surface area (Å²) in [5.74, 6) is 0.876. The van der Waals surface area contributed by atoms with Crippen molar-refractivity contribution in [2.45, 2.75) is 6.54 Å². The monoisotopic (exact) mass is 472 g/mol. The van der Waals surface area contributed by atoms with Gasteiger partial charge in [0.1, 0.15) is 11.5 Å². The SMILES string of the molecule is COCCn1c(=NC(=O)c2cccc(Oc3ccccc3)c2)sc2ccc(Cl)c(Cl)c21. The number of amides is 1. The van der Waals surface area contributed by atoms with Crippen molar-refractivity contribution < 1.29 is 14.3 Å². The Balaban J connectivity index is 1.72. The van der Waals surface area contributed by atoms with Gasteiger partial charge in [0, 0.05) is 19.2 Å². The maximum absolute atomic E-state index is 13.0. The lowest BCUT2D eigenvalue weighted by Crippen LogP contribution is -2.19. The zero-order valence-electron chi connectivity index (χ0n) is 16.5. The van der Waals surface area contributed by atoms with E-state index in [0.717, 1.165) is 10.2 Å². The number of methoxy groups -OCH3 is 1. The fraction of sp³-hybridized carbons (Fsp3) is 0.130. The van der Waals surface area contributed by atoms with Gasteiger partial charge in [-0.05, 0) is 42.5 Å². The molecule has 0 unspecified atom stereocenters. The van der Waals surface area contributed by atoms with E-state index in [9.17, 15) is 4.79 Å². The van der Waals surface area contributed by atoms with E-state index >= 15 is 0 Å². The van der Waals surface area contributed by atoms with Crippen molar-refractivity contribution >= 4 is 50.7 Å². The van der Waals surface area contributed by atoms with Gasteiger partial charge in [0.05, 0.1) is 26.9 Å². The zero-order valence-corrected chi connectivity index (χ0v) is 18.9. The molecule has 0 saturated carbocycles. The lowest BCUT2D eigenvalue weighted by molar-refractivity contribution is 0.0997. The summed E-state index contributed by atoms with van der Waals surface area (Å²) in [5, 5.41) is 0.875. The van der Waals surface area contributed by atoms with Gasteiger partial charge >= 0.3 is 0 Å². The summed E-state index contributed by atoms with van der Waals surface area (Å²) in [6.45, 7) is 0.927. The maximum Gasteiger partial charge on any atom is 0.279 e. The van der Waals surface area contributed by atoms with E-state index in [-0.39, 0.29) is 5.91 Å². The molecular formula is C23H18Cl2N2O3S. The fourth-order valence-electron chi connectivity index (χ4n) is 3.05. The largest absolute Gasteiger partial charge is 0.457 e. The molecule has 0 aliphatic rings. The summed E-state index contributed by atoms with van der Waals surface area (Å²) in [4.78, 5) is 17.8. The van der Waals surface area contributed by atoms with Crippen molar-refractivity contribution in [3.63, 3.8) is 0 Å². The molecule has 1 heterocycles. The number of carbonyl (C=O) groups is 1. The lowest BCUT2D eigenvalue weighted by atomic mass is 10.2. The number of hydrogen-bond acceptors (Lipinski definition) is 4. The normalized spacial score (nSPS) is 11.8. The van der Waals surface area contributed by atoms with E-state index < -0.39 is 0 Å². The minimum Gasteiger partial charge on any atom is -0.457 e. The molecule has 4 rings (SSSR count). The summed E-state index contributed by atoms with van der Waals surface area (Å²) in [6.07, 6.45) is 0. The molecule has 0 atom stereocenters. The first-order valence-electron chi connectivity index (χ1n) is 9.45. The van der Waals surface area contributed by atoms with Gasteiger partial charge in [-0.3, -0.25) is 4.79 Å². The molecule has 0 aliphatic heterocycles. The highest BCUT2D eigenvalue weighted by atomic mass is 35.5. The Morgan fingerprint density at radius 3 is 2.58 bits per heavy atom. The molecule has 31 heavy (non-hydrogen) atoms. The molecule has 4 aromatic rings. The highest BCUT2D eigenvalue weighted by molar-refractivity contribution is 7.16. The van der Waals surface area contributed by atoms with Crippen LogP contribution < -0.4 is 9.54 Å². The standard InChI is InChI=1S/C23H18Cl2N2O3S/c1-29-13-12-27-21-19(11-10-18(24)20(21)25)31-23(27)26-22(28)15-6-5-9-17(14-15)30-16-7-3-2-4-8-16/h2-11,14H,12-13H2,1H3. The van der Waals surface area contributed by atoms with Crippen molar-refractivity contribution in [1.82, 2.24) is 4.57 Å². The highest BCUT2D eigenvalue weighted by Gasteiger charge is 2.14. The van der Waals surface area contributed by atoms with E-state index in [2.05, 4.69) is 4.99 Å². The molecule has 0 aliphatic carbocycles. The van der Waals surface area contributed by atoms with Gasteiger partial charge in [-0.15, -0.1) is 0 Å². The van der Waals surface area contributed by atoms with Gasteiger partial charge in [0.25, 0.3) is 5.91 Å². The summed E-state index contributed by atoms with van der Waals surface area (Å²) >= 11 is 14.0. The third-order valence-corrected chi connectivity index (χ3v) is 6.35. The Morgan fingerprint density at radius 2 is 1.81 bits per heavy atom. The van der Waals surface area contributed by atoms with Crippen LogP contribution in [-0.4, -0.2) is 24.2 Å². The van der Waals surface area contributed by atoms with Gasteiger partial charge < -0.3 is 14.0 Å². The molecular weight excluding hydrogens is 455 g/mol. The average Bonchev–Trinajstić information content (AvgIpc) is 3.13. The van der Waals surface area contributed by atoms with Crippen LogP contribution in [0.4, 0.5) is 0 Å².